The van der Waals surface area contributed by atoms with Crippen LogP contribution in [0.25, 0.3) is 0 Å². The van der Waals surface area contributed by atoms with Crippen LogP contribution < -0.4 is 10.1 Å². The van der Waals surface area contributed by atoms with Crippen LogP contribution in [0.15, 0.2) is 54.6 Å². The van der Waals surface area contributed by atoms with Crippen LogP contribution in [0.2, 0.25) is 0 Å². The van der Waals surface area contributed by atoms with E-state index in [0.29, 0.717) is 0 Å². The van der Waals surface area contributed by atoms with Gasteiger partial charge in [0, 0.05) is 17.7 Å². The van der Waals surface area contributed by atoms with Crippen molar-refractivity contribution in [2.75, 3.05) is 0 Å². The van der Waals surface area contributed by atoms with Gasteiger partial charge in [-0.1, -0.05) is 48.5 Å². The molecule has 0 saturated carbocycles. The standard InChI is InChI=1S/C21H25NO2S/c1-15(25-14-16-9-5-4-6-10-16)20(23)22-18-13-21(2,3)24-19-12-8-7-11-17(18)19/h4-12,15,18H,13-14H2,1-3H3,(H,22,23)/t15-,18+/m1/s1. The zero-order valence-corrected chi connectivity index (χ0v) is 15.8. The van der Waals surface area contributed by atoms with Gasteiger partial charge in [0.25, 0.3) is 0 Å². The van der Waals surface area contributed by atoms with Crippen LogP contribution in [-0.4, -0.2) is 16.8 Å². The lowest BCUT2D eigenvalue weighted by Gasteiger charge is -2.38. The number of fused-ring (bicyclic) bond motifs is 1. The molecular weight excluding hydrogens is 330 g/mol. The second kappa shape index (κ2) is 7.52. The summed E-state index contributed by atoms with van der Waals surface area (Å²) in [6.07, 6.45) is 0.770. The predicted octanol–water partition coefficient (Wildman–Crippen LogP) is 4.73. The molecule has 3 rings (SSSR count). The van der Waals surface area contributed by atoms with Gasteiger partial charge < -0.3 is 10.1 Å². The first kappa shape index (κ1) is 17.9. The molecule has 1 aliphatic rings. The van der Waals surface area contributed by atoms with Crippen molar-refractivity contribution in [1.29, 1.82) is 0 Å². The second-order valence-corrected chi connectivity index (χ2v) is 8.43. The molecule has 25 heavy (non-hydrogen) atoms. The molecule has 0 aromatic heterocycles. The largest absolute Gasteiger partial charge is 0.487 e. The van der Waals surface area contributed by atoms with Crippen LogP contribution in [0.5, 0.6) is 5.75 Å². The van der Waals surface area contributed by atoms with Crippen LogP contribution in [-0.2, 0) is 10.5 Å². The molecule has 3 nitrogen and oxygen atoms in total. The van der Waals surface area contributed by atoms with E-state index in [9.17, 15) is 4.79 Å². The summed E-state index contributed by atoms with van der Waals surface area (Å²) in [5, 5.41) is 3.13. The van der Waals surface area contributed by atoms with Crippen molar-refractivity contribution >= 4 is 17.7 Å². The van der Waals surface area contributed by atoms with E-state index >= 15 is 0 Å². The molecular formula is C21H25NO2S. The van der Waals surface area contributed by atoms with Crippen LogP contribution in [0.1, 0.15) is 44.4 Å². The summed E-state index contributed by atoms with van der Waals surface area (Å²) in [5.74, 6) is 1.79. The molecule has 0 radical (unpaired) electrons. The Kier molecular flexibility index (Phi) is 5.38. The van der Waals surface area contributed by atoms with Crippen molar-refractivity contribution in [3.63, 3.8) is 0 Å². The number of hydrogen-bond donors (Lipinski definition) is 1. The highest BCUT2D eigenvalue weighted by atomic mass is 32.2. The van der Waals surface area contributed by atoms with Crippen LogP contribution >= 0.6 is 11.8 Å². The Morgan fingerprint density at radius 1 is 1.20 bits per heavy atom. The van der Waals surface area contributed by atoms with Gasteiger partial charge >= 0.3 is 0 Å². The Morgan fingerprint density at radius 2 is 1.88 bits per heavy atom. The minimum Gasteiger partial charge on any atom is -0.487 e. The van der Waals surface area contributed by atoms with E-state index in [1.807, 2.05) is 49.4 Å². The molecule has 1 heterocycles. The normalized spacial score (nSPS) is 19.4. The first-order valence-corrected chi connectivity index (χ1v) is 9.73. The number of para-hydroxylation sites is 1. The number of rotatable bonds is 5. The summed E-state index contributed by atoms with van der Waals surface area (Å²) >= 11 is 1.66. The maximum absolute atomic E-state index is 12.7. The molecule has 4 heteroatoms. The molecule has 2 aromatic rings. The number of carbonyl (C=O) groups is 1. The van der Waals surface area contributed by atoms with E-state index in [2.05, 4.69) is 31.3 Å². The Hall–Kier alpha value is -1.94. The molecule has 1 N–H and O–H groups in total. The van der Waals surface area contributed by atoms with Crippen molar-refractivity contribution in [1.82, 2.24) is 5.32 Å². The van der Waals surface area contributed by atoms with E-state index in [-0.39, 0.29) is 22.8 Å². The molecule has 0 bridgehead atoms. The Labute approximate surface area is 154 Å². The third-order valence-corrected chi connectivity index (χ3v) is 5.62. The number of amides is 1. The van der Waals surface area contributed by atoms with Crippen molar-refractivity contribution < 1.29 is 9.53 Å². The highest BCUT2D eigenvalue weighted by Gasteiger charge is 2.34. The third-order valence-electron chi connectivity index (χ3n) is 4.40. The Balaban J connectivity index is 1.64. The van der Waals surface area contributed by atoms with Crippen molar-refractivity contribution in [3.05, 3.63) is 65.7 Å². The fourth-order valence-electron chi connectivity index (χ4n) is 3.09. The predicted molar refractivity (Wildman–Crippen MR) is 104 cm³/mol. The number of carbonyl (C=O) groups excluding carboxylic acids is 1. The average Bonchev–Trinajstić information content (AvgIpc) is 2.59. The lowest BCUT2D eigenvalue weighted by molar-refractivity contribution is -0.121. The first-order chi connectivity index (χ1) is 11.9. The van der Waals surface area contributed by atoms with Gasteiger partial charge in [0.1, 0.15) is 11.4 Å². The third kappa shape index (κ3) is 4.57. The molecule has 1 amide bonds. The fourth-order valence-corrected chi connectivity index (χ4v) is 3.95. The zero-order chi connectivity index (χ0) is 17.9. The van der Waals surface area contributed by atoms with Crippen molar-refractivity contribution in [2.24, 2.45) is 0 Å². The zero-order valence-electron chi connectivity index (χ0n) is 15.0. The van der Waals surface area contributed by atoms with E-state index < -0.39 is 0 Å². The van der Waals surface area contributed by atoms with E-state index in [0.717, 1.165) is 23.5 Å². The molecule has 0 unspecified atom stereocenters. The summed E-state index contributed by atoms with van der Waals surface area (Å²) in [5.41, 5.74) is 2.02. The molecule has 1 aliphatic heterocycles. The lowest BCUT2D eigenvalue weighted by atomic mass is 9.89. The van der Waals surface area contributed by atoms with Crippen molar-refractivity contribution in [2.45, 2.75) is 49.8 Å². The molecule has 2 aromatic carbocycles. The Morgan fingerprint density at radius 3 is 2.64 bits per heavy atom. The van der Waals surface area contributed by atoms with Crippen LogP contribution in [0.4, 0.5) is 0 Å². The minimum atomic E-state index is -0.285. The monoisotopic (exact) mass is 355 g/mol. The number of nitrogens with one attached hydrogen (secondary N) is 1. The summed E-state index contributed by atoms with van der Waals surface area (Å²) in [7, 11) is 0. The van der Waals surface area contributed by atoms with Gasteiger partial charge in [-0.3, -0.25) is 4.79 Å². The number of hydrogen-bond acceptors (Lipinski definition) is 3. The number of benzene rings is 2. The van der Waals surface area contributed by atoms with Crippen LogP contribution in [0, 0.1) is 0 Å². The Bertz CT molecular complexity index is 730. The summed E-state index contributed by atoms with van der Waals surface area (Å²) in [6, 6.07) is 18.2. The highest BCUT2D eigenvalue weighted by molar-refractivity contribution is 7.99. The SMILES string of the molecule is C[C@@H](SCc1ccccc1)C(=O)N[C@H]1CC(C)(C)Oc2ccccc21. The van der Waals surface area contributed by atoms with Gasteiger partial charge in [-0.05, 0) is 32.4 Å². The minimum absolute atomic E-state index is 0.00720. The first-order valence-electron chi connectivity index (χ1n) is 8.68. The second-order valence-electron chi connectivity index (χ2n) is 7.10. The van der Waals surface area contributed by atoms with Gasteiger partial charge in [-0.25, -0.2) is 0 Å². The maximum atomic E-state index is 12.7. The molecule has 0 spiro atoms. The van der Waals surface area contributed by atoms with Gasteiger partial charge in [-0.2, -0.15) is 0 Å². The quantitative estimate of drug-likeness (QED) is 0.843. The smallest absolute Gasteiger partial charge is 0.233 e. The van der Waals surface area contributed by atoms with E-state index in [1.54, 1.807) is 11.8 Å². The molecule has 2 atom stereocenters. The number of thioether (sulfide) groups is 1. The molecule has 0 fully saturated rings. The van der Waals surface area contributed by atoms with Crippen molar-refractivity contribution in [3.8, 4) is 5.75 Å². The summed E-state index contributed by atoms with van der Waals surface area (Å²) < 4.78 is 6.04. The lowest BCUT2D eigenvalue weighted by Crippen LogP contribution is -2.43. The fraction of sp³-hybridized carbons (Fsp3) is 0.381. The molecule has 0 aliphatic carbocycles. The molecule has 0 saturated heterocycles. The van der Waals surface area contributed by atoms with E-state index in [1.165, 1.54) is 5.56 Å². The van der Waals surface area contributed by atoms with Gasteiger partial charge in [0.05, 0.1) is 11.3 Å². The van der Waals surface area contributed by atoms with Gasteiger partial charge in [0.2, 0.25) is 5.91 Å². The topological polar surface area (TPSA) is 38.3 Å². The highest BCUT2D eigenvalue weighted by Crippen LogP contribution is 2.39. The number of ether oxygens (including phenoxy) is 1. The maximum Gasteiger partial charge on any atom is 0.233 e. The summed E-state index contributed by atoms with van der Waals surface area (Å²) in [6.45, 7) is 6.10. The molecule has 132 valence electrons. The summed E-state index contributed by atoms with van der Waals surface area (Å²) in [4.78, 5) is 12.7. The average molecular weight is 356 g/mol. The van der Waals surface area contributed by atoms with Crippen LogP contribution in [0.3, 0.4) is 0 Å². The van der Waals surface area contributed by atoms with E-state index in [4.69, 9.17) is 4.74 Å². The van der Waals surface area contributed by atoms with Gasteiger partial charge in [-0.15, -0.1) is 11.8 Å². The van der Waals surface area contributed by atoms with Gasteiger partial charge in [0.15, 0.2) is 0 Å².